The zero-order valence-electron chi connectivity index (χ0n) is 17.3. The fourth-order valence-corrected chi connectivity index (χ4v) is 4.13. The Morgan fingerprint density at radius 1 is 1.09 bits per heavy atom. The molecule has 162 valence electrons. The van der Waals surface area contributed by atoms with Crippen LogP contribution in [0.25, 0.3) is 16.9 Å². The van der Waals surface area contributed by atoms with Crippen molar-refractivity contribution >= 4 is 23.6 Å². The van der Waals surface area contributed by atoms with Crippen molar-refractivity contribution in [2.45, 2.75) is 38.6 Å². The fraction of sp³-hybridized carbons (Fsp3) is 0.286. The highest BCUT2D eigenvalue weighted by molar-refractivity contribution is 6.24. The Morgan fingerprint density at radius 2 is 1.91 bits per heavy atom. The van der Waals surface area contributed by atoms with Gasteiger partial charge in [-0.2, -0.15) is 5.10 Å². The summed E-state index contributed by atoms with van der Waals surface area (Å²) in [6, 6.07) is 3.82. The number of carbonyl (C=O) groups is 4. The first-order valence-electron chi connectivity index (χ1n) is 10.2. The number of piperidine rings is 1. The normalized spacial score (nSPS) is 18.5. The molecule has 0 aliphatic carbocycles. The lowest BCUT2D eigenvalue weighted by atomic mass is 10.0. The van der Waals surface area contributed by atoms with Gasteiger partial charge in [-0.15, -0.1) is 5.10 Å². The van der Waals surface area contributed by atoms with Crippen LogP contribution >= 0.6 is 0 Å². The molecular weight excluding hydrogens is 414 g/mol. The summed E-state index contributed by atoms with van der Waals surface area (Å²) < 4.78 is 1.43. The van der Waals surface area contributed by atoms with E-state index in [4.69, 9.17) is 0 Å². The van der Waals surface area contributed by atoms with Gasteiger partial charge in [0.2, 0.25) is 11.8 Å². The number of imide groups is 2. The van der Waals surface area contributed by atoms with E-state index in [0.717, 1.165) is 16.2 Å². The first-order chi connectivity index (χ1) is 15.4. The van der Waals surface area contributed by atoms with Gasteiger partial charge in [0.25, 0.3) is 11.8 Å². The maximum Gasteiger partial charge on any atom is 0.264 e. The van der Waals surface area contributed by atoms with Crippen LogP contribution in [-0.2, 0) is 9.59 Å². The molecule has 0 saturated carbocycles. The van der Waals surface area contributed by atoms with E-state index in [1.54, 1.807) is 24.5 Å². The average Bonchev–Trinajstić information content (AvgIpc) is 3.48. The van der Waals surface area contributed by atoms with Gasteiger partial charge < -0.3 is 0 Å². The standard InChI is InChI=1S/C21H19N7O4/c1-10(2)18-12(8-22-25-18)13-9-27(26-24-13)14-5-3-4-11-17(14)21(32)28(20(11)31)15-6-7-16(29)23-19(15)30/h3-5,8-10,15H,6-7H2,1-2H3,(H,22,25)(H,23,29,30). The molecule has 4 heterocycles. The Kier molecular flexibility index (Phi) is 4.47. The molecule has 3 aromatic rings. The van der Waals surface area contributed by atoms with E-state index < -0.39 is 29.7 Å². The number of nitrogens with one attached hydrogen (secondary N) is 2. The van der Waals surface area contributed by atoms with Crippen molar-refractivity contribution in [2.75, 3.05) is 0 Å². The van der Waals surface area contributed by atoms with Crippen molar-refractivity contribution in [1.29, 1.82) is 0 Å². The summed E-state index contributed by atoms with van der Waals surface area (Å²) in [4.78, 5) is 51.0. The van der Waals surface area contributed by atoms with E-state index in [0.29, 0.717) is 11.4 Å². The number of aromatic amines is 1. The van der Waals surface area contributed by atoms with Crippen LogP contribution in [0.4, 0.5) is 0 Å². The smallest absolute Gasteiger partial charge is 0.264 e. The second-order valence-corrected chi connectivity index (χ2v) is 8.05. The lowest BCUT2D eigenvalue weighted by molar-refractivity contribution is -0.136. The maximum absolute atomic E-state index is 13.3. The highest BCUT2D eigenvalue weighted by Gasteiger charge is 2.45. The van der Waals surface area contributed by atoms with E-state index in [1.165, 1.54) is 10.7 Å². The SMILES string of the molecule is CC(C)c1[nH]ncc1-c1cn(-c2cccc3c2C(=O)N(C2CCC(=O)NC2=O)C3=O)nn1. The predicted octanol–water partition coefficient (Wildman–Crippen LogP) is 1.18. The van der Waals surface area contributed by atoms with Crippen LogP contribution < -0.4 is 5.32 Å². The minimum atomic E-state index is -1.03. The largest absolute Gasteiger partial charge is 0.295 e. The monoisotopic (exact) mass is 433 g/mol. The van der Waals surface area contributed by atoms with Gasteiger partial charge in [-0.1, -0.05) is 25.1 Å². The van der Waals surface area contributed by atoms with Crippen molar-refractivity contribution < 1.29 is 19.2 Å². The minimum absolute atomic E-state index is 0.0615. The van der Waals surface area contributed by atoms with Crippen LogP contribution in [0.5, 0.6) is 0 Å². The molecule has 5 rings (SSSR count). The zero-order valence-corrected chi connectivity index (χ0v) is 17.3. The van der Waals surface area contributed by atoms with E-state index >= 15 is 0 Å². The number of H-pyrrole nitrogens is 1. The molecule has 32 heavy (non-hydrogen) atoms. The molecular formula is C21H19N7O4. The molecule has 1 aromatic carbocycles. The highest BCUT2D eigenvalue weighted by atomic mass is 16.2. The van der Waals surface area contributed by atoms with Gasteiger partial charge in [-0.05, 0) is 24.5 Å². The Bertz CT molecular complexity index is 1290. The summed E-state index contributed by atoms with van der Waals surface area (Å²) in [5.74, 6) is -2.04. The number of rotatable bonds is 4. The molecule has 4 amide bonds. The third-order valence-corrected chi connectivity index (χ3v) is 5.71. The van der Waals surface area contributed by atoms with Gasteiger partial charge in [0.05, 0.1) is 29.2 Å². The van der Waals surface area contributed by atoms with Crippen LogP contribution in [0.15, 0.2) is 30.6 Å². The number of nitrogens with zero attached hydrogens (tertiary/aromatic N) is 5. The maximum atomic E-state index is 13.3. The molecule has 0 bridgehead atoms. The minimum Gasteiger partial charge on any atom is -0.295 e. The molecule has 2 N–H and O–H groups in total. The first-order valence-corrected chi connectivity index (χ1v) is 10.2. The summed E-state index contributed by atoms with van der Waals surface area (Å²) in [6.45, 7) is 4.05. The van der Waals surface area contributed by atoms with Gasteiger partial charge in [-0.25, -0.2) is 4.68 Å². The molecule has 1 fully saturated rings. The quantitative estimate of drug-likeness (QED) is 0.588. The average molecular weight is 433 g/mol. The number of hydrogen-bond acceptors (Lipinski definition) is 7. The number of hydrogen-bond donors (Lipinski definition) is 2. The molecule has 11 nitrogen and oxygen atoms in total. The topological polar surface area (TPSA) is 143 Å². The molecule has 1 atom stereocenters. The van der Waals surface area contributed by atoms with Crippen molar-refractivity contribution in [3.8, 4) is 16.9 Å². The molecule has 0 spiro atoms. The lowest BCUT2D eigenvalue weighted by Gasteiger charge is -2.27. The van der Waals surface area contributed by atoms with Crippen molar-refractivity contribution in [3.05, 3.63) is 47.4 Å². The lowest BCUT2D eigenvalue weighted by Crippen LogP contribution is -2.54. The van der Waals surface area contributed by atoms with E-state index in [9.17, 15) is 19.2 Å². The van der Waals surface area contributed by atoms with Crippen LogP contribution in [0.3, 0.4) is 0 Å². The molecule has 11 heteroatoms. The summed E-state index contributed by atoms with van der Waals surface area (Å²) in [7, 11) is 0. The number of benzene rings is 1. The Hall–Kier alpha value is -4.15. The van der Waals surface area contributed by atoms with Gasteiger partial charge in [0, 0.05) is 17.7 Å². The molecule has 0 radical (unpaired) electrons. The van der Waals surface area contributed by atoms with E-state index in [2.05, 4.69) is 25.8 Å². The summed E-state index contributed by atoms with van der Waals surface area (Å²) in [5, 5.41) is 17.6. The third kappa shape index (κ3) is 2.93. The first kappa shape index (κ1) is 19.8. The van der Waals surface area contributed by atoms with Crippen LogP contribution in [0, 0.1) is 0 Å². The molecule has 2 aromatic heterocycles. The number of amides is 4. The molecule has 1 saturated heterocycles. The Labute approximate surface area is 181 Å². The number of fused-ring (bicyclic) bond motifs is 1. The summed E-state index contributed by atoms with van der Waals surface area (Å²) in [6.07, 6.45) is 3.49. The van der Waals surface area contributed by atoms with Crippen LogP contribution in [0.2, 0.25) is 0 Å². The molecule has 2 aliphatic rings. The summed E-state index contributed by atoms with van der Waals surface area (Å²) >= 11 is 0. The van der Waals surface area contributed by atoms with Crippen LogP contribution in [0.1, 0.15) is 59.0 Å². The second kappa shape index (κ2) is 7.22. The summed E-state index contributed by atoms with van der Waals surface area (Å²) in [5.41, 5.74) is 2.98. The fourth-order valence-electron chi connectivity index (χ4n) is 4.13. The Morgan fingerprint density at radius 3 is 2.66 bits per heavy atom. The third-order valence-electron chi connectivity index (χ3n) is 5.71. The molecule has 2 aliphatic heterocycles. The van der Waals surface area contributed by atoms with Gasteiger partial charge in [-0.3, -0.25) is 34.5 Å². The van der Waals surface area contributed by atoms with Gasteiger partial charge >= 0.3 is 0 Å². The highest BCUT2D eigenvalue weighted by Crippen LogP contribution is 2.32. The van der Waals surface area contributed by atoms with Crippen molar-refractivity contribution in [2.24, 2.45) is 0 Å². The second-order valence-electron chi connectivity index (χ2n) is 8.05. The van der Waals surface area contributed by atoms with E-state index in [1.807, 2.05) is 13.8 Å². The van der Waals surface area contributed by atoms with Gasteiger partial charge in [0.1, 0.15) is 11.7 Å². The van der Waals surface area contributed by atoms with Crippen LogP contribution in [-0.4, -0.2) is 59.8 Å². The number of aromatic nitrogens is 5. The Balaban J connectivity index is 1.53. The van der Waals surface area contributed by atoms with Crippen molar-refractivity contribution in [3.63, 3.8) is 0 Å². The zero-order chi connectivity index (χ0) is 22.6. The van der Waals surface area contributed by atoms with Gasteiger partial charge in [0.15, 0.2) is 0 Å². The van der Waals surface area contributed by atoms with Crippen molar-refractivity contribution in [1.82, 2.24) is 35.4 Å². The number of carbonyl (C=O) groups excluding carboxylic acids is 4. The predicted molar refractivity (Wildman–Crippen MR) is 110 cm³/mol. The molecule has 1 unspecified atom stereocenters. The van der Waals surface area contributed by atoms with E-state index in [-0.39, 0.29) is 29.9 Å².